The van der Waals surface area contributed by atoms with Crippen LogP contribution >= 0.6 is 0 Å². The summed E-state index contributed by atoms with van der Waals surface area (Å²) in [6, 6.07) is 13.1. The lowest BCUT2D eigenvalue weighted by molar-refractivity contribution is 0.364. The Labute approximate surface area is 218 Å². The number of hydrogen-bond acceptors (Lipinski definition) is 0. The Morgan fingerprint density at radius 3 is 1.86 bits per heavy atom. The molecule has 0 radical (unpaired) electrons. The van der Waals surface area contributed by atoms with Crippen molar-refractivity contribution in [2.75, 3.05) is 0 Å². The number of rotatable bonds is 9. The van der Waals surface area contributed by atoms with Crippen LogP contribution in [0.1, 0.15) is 82.3 Å². The van der Waals surface area contributed by atoms with Gasteiger partial charge in [-0.05, 0) is 79.5 Å². The van der Waals surface area contributed by atoms with Gasteiger partial charge in [0.1, 0.15) is 0 Å². The highest BCUT2D eigenvalue weighted by Crippen LogP contribution is 2.39. The number of allylic oxidation sites excluding steroid dienone is 2. The van der Waals surface area contributed by atoms with E-state index in [0.29, 0.717) is 34.6 Å². The third kappa shape index (κ3) is 6.17. The van der Waals surface area contributed by atoms with E-state index in [0.717, 1.165) is 51.4 Å². The molecule has 0 N–H and O–H groups in total. The van der Waals surface area contributed by atoms with Crippen LogP contribution in [0.15, 0.2) is 60.7 Å². The van der Waals surface area contributed by atoms with Gasteiger partial charge in [-0.25, -0.2) is 17.6 Å². The fourth-order valence-corrected chi connectivity index (χ4v) is 5.57. The Morgan fingerprint density at radius 2 is 1.27 bits per heavy atom. The van der Waals surface area contributed by atoms with E-state index >= 15 is 8.78 Å². The molecule has 1 saturated carbocycles. The van der Waals surface area contributed by atoms with E-state index in [-0.39, 0.29) is 17.0 Å². The van der Waals surface area contributed by atoms with Crippen LogP contribution in [0.25, 0.3) is 22.3 Å². The maximum Gasteiger partial charge on any atom is 0.166 e. The Kier molecular flexibility index (Phi) is 9.23. The van der Waals surface area contributed by atoms with Gasteiger partial charge in [-0.2, -0.15) is 0 Å². The van der Waals surface area contributed by atoms with E-state index in [1.807, 2.05) is 6.92 Å². The zero-order valence-corrected chi connectivity index (χ0v) is 21.8. The van der Waals surface area contributed by atoms with Gasteiger partial charge in [0.2, 0.25) is 0 Å². The molecule has 0 aromatic heterocycles. The van der Waals surface area contributed by atoms with Crippen molar-refractivity contribution >= 4 is 0 Å². The molecule has 0 unspecified atom stereocenters. The second-order valence-corrected chi connectivity index (χ2v) is 10.3. The Balaban J connectivity index is 1.50. The summed E-state index contributed by atoms with van der Waals surface area (Å²) in [5.41, 5.74) is 2.16. The molecule has 0 spiro atoms. The average Bonchev–Trinajstić information content (AvgIpc) is 2.91. The maximum absolute atomic E-state index is 15.1. The second kappa shape index (κ2) is 12.6. The molecule has 37 heavy (non-hydrogen) atoms. The lowest BCUT2D eigenvalue weighted by Crippen LogP contribution is -2.13. The summed E-state index contributed by atoms with van der Waals surface area (Å²) < 4.78 is 59.8. The first-order valence-electron chi connectivity index (χ1n) is 13.6. The van der Waals surface area contributed by atoms with Gasteiger partial charge in [0.15, 0.2) is 23.3 Å². The molecule has 0 nitrogen and oxygen atoms in total. The number of aryl methyl sites for hydroxylation is 1. The smallest absolute Gasteiger partial charge is 0.166 e. The zero-order valence-electron chi connectivity index (χ0n) is 21.8. The van der Waals surface area contributed by atoms with Crippen LogP contribution in [0.2, 0.25) is 0 Å². The van der Waals surface area contributed by atoms with E-state index < -0.39 is 23.3 Å². The van der Waals surface area contributed by atoms with Gasteiger partial charge >= 0.3 is 0 Å². The van der Waals surface area contributed by atoms with Gasteiger partial charge in [-0.3, -0.25) is 0 Å². The first kappa shape index (κ1) is 27.2. The van der Waals surface area contributed by atoms with Crippen molar-refractivity contribution in [2.45, 2.75) is 77.6 Å². The van der Waals surface area contributed by atoms with Crippen molar-refractivity contribution in [3.63, 3.8) is 0 Å². The van der Waals surface area contributed by atoms with Gasteiger partial charge in [-0.1, -0.05) is 86.9 Å². The molecule has 1 aliphatic rings. The van der Waals surface area contributed by atoms with Gasteiger partial charge in [-0.15, -0.1) is 0 Å². The molecule has 0 bridgehead atoms. The van der Waals surface area contributed by atoms with Gasteiger partial charge in [0, 0.05) is 11.1 Å². The molecule has 0 amide bonds. The highest BCUT2D eigenvalue weighted by atomic mass is 19.2. The molecule has 1 aliphatic carbocycles. The molecule has 3 aromatic carbocycles. The van der Waals surface area contributed by atoms with E-state index in [1.54, 1.807) is 48.5 Å². The monoisotopic (exact) mass is 508 g/mol. The fraction of sp³-hybridized carbons (Fsp3) is 0.394. The minimum atomic E-state index is -0.869. The number of hydrogen-bond donors (Lipinski definition) is 0. The van der Waals surface area contributed by atoms with Crippen LogP contribution in [0.3, 0.4) is 0 Å². The minimum absolute atomic E-state index is 0.0277. The summed E-state index contributed by atoms with van der Waals surface area (Å²) in [5.74, 6) is -2.76. The Morgan fingerprint density at radius 1 is 0.676 bits per heavy atom. The predicted octanol–water partition coefficient (Wildman–Crippen LogP) is 10.5. The predicted molar refractivity (Wildman–Crippen MR) is 145 cm³/mol. The summed E-state index contributed by atoms with van der Waals surface area (Å²) in [6.07, 6.45) is 12.4. The minimum Gasteiger partial charge on any atom is -0.203 e. The van der Waals surface area contributed by atoms with Crippen molar-refractivity contribution in [1.29, 1.82) is 0 Å². The van der Waals surface area contributed by atoms with Crippen LogP contribution in [0, 0.1) is 29.2 Å². The SMILES string of the molecule is C/C=C/C1CCC(c2ccc(-c3ccc(-c4ccc(CCCCCC)c(F)c4F)cc3)c(F)c2F)CC1. The molecule has 4 heteroatoms. The summed E-state index contributed by atoms with van der Waals surface area (Å²) in [5, 5.41) is 0. The quantitative estimate of drug-likeness (QED) is 0.153. The zero-order chi connectivity index (χ0) is 26.4. The summed E-state index contributed by atoms with van der Waals surface area (Å²) in [7, 11) is 0. The highest BCUT2D eigenvalue weighted by molar-refractivity contribution is 5.71. The topological polar surface area (TPSA) is 0 Å². The van der Waals surface area contributed by atoms with Crippen molar-refractivity contribution in [3.05, 3.63) is 95.1 Å². The van der Waals surface area contributed by atoms with Crippen LogP contribution in [-0.2, 0) is 6.42 Å². The first-order valence-corrected chi connectivity index (χ1v) is 13.6. The fourth-order valence-electron chi connectivity index (χ4n) is 5.57. The van der Waals surface area contributed by atoms with Crippen molar-refractivity contribution in [1.82, 2.24) is 0 Å². The van der Waals surface area contributed by atoms with E-state index in [2.05, 4.69) is 19.1 Å². The molecule has 0 saturated heterocycles. The van der Waals surface area contributed by atoms with Gasteiger partial charge in [0.05, 0.1) is 0 Å². The Bertz CT molecular complexity index is 1220. The summed E-state index contributed by atoms with van der Waals surface area (Å²) in [4.78, 5) is 0. The molecular weight excluding hydrogens is 472 g/mol. The van der Waals surface area contributed by atoms with Crippen LogP contribution < -0.4 is 0 Å². The third-order valence-corrected chi connectivity index (χ3v) is 7.76. The normalized spacial score (nSPS) is 18.0. The van der Waals surface area contributed by atoms with Crippen LogP contribution in [0.4, 0.5) is 17.6 Å². The lowest BCUT2D eigenvalue weighted by atomic mass is 9.78. The molecule has 4 rings (SSSR count). The Hall–Kier alpha value is -2.88. The van der Waals surface area contributed by atoms with Crippen molar-refractivity contribution in [2.24, 2.45) is 5.92 Å². The largest absolute Gasteiger partial charge is 0.203 e. The molecular formula is C33H36F4. The lowest BCUT2D eigenvalue weighted by Gasteiger charge is -2.27. The number of benzene rings is 3. The third-order valence-electron chi connectivity index (χ3n) is 7.76. The molecule has 0 atom stereocenters. The highest BCUT2D eigenvalue weighted by Gasteiger charge is 2.25. The second-order valence-electron chi connectivity index (χ2n) is 10.3. The van der Waals surface area contributed by atoms with E-state index in [9.17, 15) is 8.78 Å². The number of unbranched alkanes of at least 4 members (excludes halogenated alkanes) is 3. The average molecular weight is 509 g/mol. The van der Waals surface area contributed by atoms with Crippen molar-refractivity contribution < 1.29 is 17.6 Å². The molecule has 3 aromatic rings. The molecule has 0 aliphatic heterocycles. The van der Waals surface area contributed by atoms with Crippen LogP contribution in [0.5, 0.6) is 0 Å². The van der Waals surface area contributed by atoms with Crippen LogP contribution in [-0.4, -0.2) is 0 Å². The molecule has 196 valence electrons. The molecule has 0 heterocycles. The summed E-state index contributed by atoms with van der Waals surface area (Å²) >= 11 is 0. The number of halogens is 4. The molecule has 1 fully saturated rings. The summed E-state index contributed by atoms with van der Waals surface area (Å²) in [6.45, 7) is 4.12. The van der Waals surface area contributed by atoms with Gasteiger partial charge in [0.25, 0.3) is 0 Å². The first-order chi connectivity index (χ1) is 17.9. The van der Waals surface area contributed by atoms with E-state index in [1.165, 1.54) is 0 Å². The standard InChI is InChI=1S/C33H36F4/c1-3-5-6-7-9-26-18-19-27(31(35)30(26)34)24-14-16-25(17-15-24)29-21-20-28(32(36)33(29)37)23-12-10-22(8-4-2)11-13-23/h4,8,14-23H,3,5-7,9-13H2,1-2H3/b8-4+. The maximum atomic E-state index is 15.1. The van der Waals surface area contributed by atoms with E-state index in [4.69, 9.17) is 0 Å². The van der Waals surface area contributed by atoms with Gasteiger partial charge < -0.3 is 0 Å². The van der Waals surface area contributed by atoms with Crippen molar-refractivity contribution in [3.8, 4) is 22.3 Å².